The van der Waals surface area contributed by atoms with Crippen LogP contribution in [0.2, 0.25) is 0 Å². The van der Waals surface area contributed by atoms with Crippen molar-refractivity contribution in [3.8, 4) is 17.2 Å². The van der Waals surface area contributed by atoms with E-state index in [4.69, 9.17) is 9.47 Å². The fourth-order valence-electron chi connectivity index (χ4n) is 2.48. The van der Waals surface area contributed by atoms with Crippen LogP contribution >= 0.6 is 0 Å². The molecule has 0 spiro atoms. The molecule has 3 rings (SSSR count). The van der Waals surface area contributed by atoms with E-state index in [1.54, 1.807) is 48.7 Å². The number of rotatable bonds is 8. The van der Waals surface area contributed by atoms with Crippen molar-refractivity contribution in [2.24, 2.45) is 0 Å². The fourth-order valence-corrected chi connectivity index (χ4v) is 2.48. The number of anilines is 1. The van der Waals surface area contributed by atoms with Crippen molar-refractivity contribution in [2.45, 2.75) is 0 Å². The van der Waals surface area contributed by atoms with Crippen molar-refractivity contribution in [3.05, 3.63) is 84.4 Å². The van der Waals surface area contributed by atoms with E-state index in [1.165, 1.54) is 37.5 Å². The number of aromatic nitrogens is 1. The highest BCUT2D eigenvalue weighted by atomic mass is 19.1. The fraction of sp³-hybridized carbons (Fsp3) is 0.0870. The molecule has 0 saturated heterocycles. The molecule has 0 unspecified atom stereocenters. The zero-order valence-corrected chi connectivity index (χ0v) is 16.7. The van der Waals surface area contributed by atoms with Crippen LogP contribution < -0.4 is 20.1 Å². The summed E-state index contributed by atoms with van der Waals surface area (Å²) in [5, 5.41) is 5.13. The van der Waals surface area contributed by atoms with Gasteiger partial charge in [-0.1, -0.05) is 12.1 Å². The highest BCUT2D eigenvalue weighted by Gasteiger charge is 2.06. The number of pyridine rings is 1. The normalized spacial score (nSPS) is 10.5. The third-order valence-corrected chi connectivity index (χ3v) is 4.00. The van der Waals surface area contributed by atoms with Crippen LogP contribution in [0.5, 0.6) is 17.2 Å². The number of nitrogens with zero attached hydrogens (tertiary/aromatic N) is 1. The van der Waals surface area contributed by atoms with Gasteiger partial charge in [-0.25, -0.2) is 4.39 Å². The number of benzene rings is 2. The predicted molar refractivity (Wildman–Crippen MR) is 114 cm³/mol. The number of likely N-dealkylation sites (N-methyl/N-ethyl adjacent to an activating group) is 1. The van der Waals surface area contributed by atoms with Gasteiger partial charge in [0.15, 0.2) is 18.2 Å². The van der Waals surface area contributed by atoms with E-state index >= 15 is 0 Å². The first-order valence-electron chi connectivity index (χ1n) is 9.33. The van der Waals surface area contributed by atoms with E-state index < -0.39 is 11.7 Å². The Morgan fingerprint density at radius 2 is 1.94 bits per heavy atom. The van der Waals surface area contributed by atoms with Crippen molar-refractivity contribution in [1.29, 1.82) is 0 Å². The molecule has 3 aromatic rings. The number of hydrogen-bond donors (Lipinski definition) is 2. The number of nitrogens with one attached hydrogen (secondary N) is 2. The Kier molecular flexibility index (Phi) is 7.31. The first-order chi connectivity index (χ1) is 15.0. The van der Waals surface area contributed by atoms with Crippen LogP contribution in [0.3, 0.4) is 0 Å². The monoisotopic (exact) mass is 421 g/mol. The highest BCUT2D eigenvalue weighted by Crippen LogP contribution is 2.25. The van der Waals surface area contributed by atoms with E-state index in [-0.39, 0.29) is 18.3 Å². The molecule has 0 saturated carbocycles. The molecule has 0 fully saturated rings. The van der Waals surface area contributed by atoms with Gasteiger partial charge in [-0.05, 0) is 48.0 Å². The molecular weight excluding hydrogens is 401 g/mol. The van der Waals surface area contributed by atoms with Gasteiger partial charge in [0, 0.05) is 31.1 Å². The van der Waals surface area contributed by atoms with Gasteiger partial charge in [0.2, 0.25) is 5.91 Å². The Morgan fingerprint density at radius 3 is 2.68 bits per heavy atom. The summed E-state index contributed by atoms with van der Waals surface area (Å²) in [6.07, 6.45) is 5.85. The van der Waals surface area contributed by atoms with E-state index in [1.807, 2.05) is 0 Å². The molecule has 7 nitrogen and oxygen atoms in total. The quantitative estimate of drug-likeness (QED) is 0.540. The molecule has 1 aromatic heterocycles. The summed E-state index contributed by atoms with van der Waals surface area (Å²) in [7, 11) is 1.52. The van der Waals surface area contributed by atoms with Gasteiger partial charge in [0.1, 0.15) is 11.5 Å². The molecule has 1 heterocycles. The molecule has 0 aliphatic heterocycles. The van der Waals surface area contributed by atoms with Crippen LogP contribution in [-0.2, 0) is 9.59 Å². The lowest BCUT2D eigenvalue weighted by molar-refractivity contribution is -0.122. The van der Waals surface area contributed by atoms with Crippen molar-refractivity contribution in [3.63, 3.8) is 0 Å². The maximum absolute atomic E-state index is 14.3. The summed E-state index contributed by atoms with van der Waals surface area (Å²) in [5.41, 5.74) is 0.990. The molecule has 2 aromatic carbocycles. The van der Waals surface area contributed by atoms with Gasteiger partial charge in [-0.15, -0.1) is 0 Å². The molecule has 0 radical (unpaired) electrons. The smallest absolute Gasteiger partial charge is 0.257 e. The van der Waals surface area contributed by atoms with Gasteiger partial charge < -0.3 is 20.1 Å². The molecule has 0 bridgehead atoms. The standard InChI is InChI=1S/C23H20FN3O4/c1-25-23(29)15-30-18-5-2-4-17(13-18)27-22(28)10-8-16-7-9-21(20(24)12-16)31-19-6-3-11-26-14-19/h2-14H,15H2,1H3,(H,25,29)(H,27,28)/b10-8+. The summed E-state index contributed by atoms with van der Waals surface area (Å²) in [5.74, 6) is -0.307. The molecule has 2 N–H and O–H groups in total. The van der Waals surface area contributed by atoms with Crippen LogP contribution in [0.1, 0.15) is 5.56 Å². The zero-order chi connectivity index (χ0) is 22.1. The van der Waals surface area contributed by atoms with E-state index in [2.05, 4.69) is 15.6 Å². The van der Waals surface area contributed by atoms with Crippen molar-refractivity contribution in [2.75, 3.05) is 19.0 Å². The Labute approximate surface area is 178 Å². The molecule has 8 heteroatoms. The third-order valence-electron chi connectivity index (χ3n) is 4.00. The number of carbonyl (C=O) groups excluding carboxylic acids is 2. The van der Waals surface area contributed by atoms with Gasteiger partial charge in [0.25, 0.3) is 5.91 Å². The Morgan fingerprint density at radius 1 is 1.10 bits per heavy atom. The van der Waals surface area contributed by atoms with Crippen LogP contribution in [0.4, 0.5) is 10.1 Å². The summed E-state index contributed by atoms with van der Waals surface area (Å²) in [6, 6.07) is 14.4. The summed E-state index contributed by atoms with van der Waals surface area (Å²) >= 11 is 0. The van der Waals surface area contributed by atoms with Gasteiger partial charge in [-0.2, -0.15) is 0 Å². The Hall–Kier alpha value is -4.20. The molecule has 0 aliphatic rings. The summed E-state index contributed by atoms with van der Waals surface area (Å²) < 4.78 is 25.1. The number of hydrogen-bond acceptors (Lipinski definition) is 5. The minimum absolute atomic E-state index is 0.0585. The van der Waals surface area contributed by atoms with Crippen molar-refractivity contribution >= 4 is 23.6 Å². The largest absolute Gasteiger partial charge is 0.484 e. The maximum atomic E-state index is 14.3. The number of carbonyl (C=O) groups is 2. The van der Waals surface area contributed by atoms with Gasteiger partial charge in [-0.3, -0.25) is 14.6 Å². The second kappa shape index (κ2) is 10.5. The maximum Gasteiger partial charge on any atom is 0.257 e. The number of halogens is 1. The lowest BCUT2D eigenvalue weighted by Crippen LogP contribution is -2.24. The Bertz CT molecular complexity index is 1090. The molecule has 0 atom stereocenters. The third kappa shape index (κ3) is 6.67. The average Bonchev–Trinajstić information content (AvgIpc) is 2.78. The molecule has 0 aliphatic carbocycles. The molecule has 158 valence electrons. The zero-order valence-electron chi connectivity index (χ0n) is 16.7. The second-order valence-corrected chi connectivity index (χ2v) is 6.29. The molecule has 2 amide bonds. The lowest BCUT2D eigenvalue weighted by Gasteiger charge is -2.08. The van der Waals surface area contributed by atoms with Gasteiger partial charge in [0.05, 0.1) is 6.20 Å². The summed E-state index contributed by atoms with van der Waals surface area (Å²) in [6.45, 7) is -0.125. The molecular formula is C23H20FN3O4. The van der Waals surface area contributed by atoms with E-state index in [9.17, 15) is 14.0 Å². The van der Waals surface area contributed by atoms with Crippen LogP contribution in [0.25, 0.3) is 6.08 Å². The minimum atomic E-state index is -0.563. The molecule has 31 heavy (non-hydrogen) atoms. The number of ether oxygens (including phenoxy) is 2. The first-order valence-corrected chi connectivity index (χ1v) is 9.33. The summed E-state index contributed by atoms with van der Waals surface area (Å²) in [4.78, 5) is 27.3. The lowest BCUT2D eigenvalue weighted by atomic mass is 10.2. The van der Waals surface area contributed by atoms with Crippen molar-refractivity contribution in [1.82, 2.24) is 10.3 Å². The van der Waals surface area contributed by atoms with Crippen LogP contribution in [0, 0.1) is 5.82 Å². The number of amides is 2. The van der Waals surface area contributed by atoms with E-state index in [0.29, 0.717) is 22.7 Å². The SMILES string of the molecule is CNC(=O)COc1cccc(NC(=O)/C=C/c2ccc(Oc3cccnc3)c(F)c2)c1. The first kappa shape index (κ1) is 21.5. The van der Waals surface area contributed by atoms with Gasteiger partial charge >= 0.3 is 0 Å². The Balaban J connectivity index is 1.58. The second-order valence-electron chi connectivity index (χ2n) is 6.29. The topological polar surface area (TPSA) is 89.6 Å². The van der Waals surface area contributed by atoms with E-state index in [0.717, 1.165) is 0 Å². The average molecular weight is 421 g/mol. The highest BCUT2D eigenvalue weighted by molar-refractivity contribution is 6.02. The minimum Gasteiger partial charge on any atom is -0.484 e. The predicted octanol–water partition coefficient (Wildman–Crippen LogP) is 3.79. The van der Waals surface area contributed by atoms with Crippen LogP contribution in [0.15, 0.2) is 73.1 Å². The van der Waals surface area contributed by atoms with Crippen molar-refractivity contribution < 1.29 is 23.5 Å². The van der Waals surface area contributed by atoms with Crippen LogP contribution in [-0.4, -0.2) is 30.5 Å².